The summed E-state index contributed by atoms with van der Waals surface area (Å²) >= 11 is 7.26. The summed E-state index contributed by atoms with van der Waals surface area (Å²) in [7, 11) is 0. The number of pyridine rings is 1. The van der Waals surface area contributed by atoms with Crippen molar-refractivity contribution in [3.05, 3.63) is 102 Å². The minimum Gasteiger partial charge on any atom is -0.506 e. The fourth-order valence-electron chi connectivity index (χ4n) is 3.84. The molecular weight excluding hydrogens is 438 g/mol. The summed E-state index contributed by atoms with van der Waals surface area (Å²) in [5.74, 6) is 0.898. The average Bonchev–Trinajstić information content (AvgIpc) is 3.40. The molecule has 7 heteroatoms. The first kappa shape index (κ1) is 20.6. The molecule has 0 saturated carbocycles. The lowest BCUT2D eigenvalue weighted by molar-refractivity contribution is 0.382. The smallest absolute Gasteiger partial charge is 0.174 e. The SMILES string of the molecule is Cc1ccc(Sc2ccc([C@H]3[C@@H](c4ccccn4)NC(=S)N3c3ccccc3O)o2)cc1. The normalized spacial score (nSPS) is 18.0. The third-order valence-corrected chi connectivity index (χ3v) is 6.62. The van der Waals surface area contributed by atoms with E-state index in [9.17, 15) is 5.11 Å². The Morgan fingerprint density at radius 3 is 2.53 bits per heavy atom. The number of anilines is 1. The van der Waals surface area contributed by atoms with Gasteiger partial charge in [0.2, 0.25) is 0 Å². The molecule has 0 radical (unpaired) electrons. The largest absolute Gasteiger partial charge is 0.506 e. The molecule has 1 aliphatic heterocycles. The van der Waals surface area contributed by atoms with Gasteiger partial charge in [-0.25, -0.2) is 0 Å². The number of nitrogens with one attached hydrogen (secondary N) is 1. The Morgan fingerprint density at radius 1 is 1.00 bits per heavy atom. The maximum atomic E-state index is 10.6. The van der Waals surface area contributed by atoms with Crippen LogP contribution < -0.4 is 10.2 Å². The van der Waals surface area contributed by atoms with Crippen molar-refractivity contribution in [3.63, 3.8) is 0 Å². The van der Waals surface area contributed by atoms with Gasteiger partial charge in [0.25, 0.3) is 0 Å². The maximum Gasteiger partial charge on any atom is 0.174 e. The lowest BCUT2D eigenvalue weighted by Gasteiger charge is -2.26. The standard InChI is InChI=1S/C25H21N3O2S2/c1-16-9-11-17(12-10-16)32-22-14-13-21(30-22)24-23(18-6-4-5-15-26-18)27-25(31)28(24)19-7-2-3-8-20(19)29/h2-15,23-24,29H,1H3,(H,27,31)/t23-,24+/m1/s1. The minimum atomic E-state index is -0.307. The predicted molar refractivity (Wildman–Crippen MR) is 130 cm³/mol. The van der Waals surface area contributed by atoms with Gasteiger partial charge in [-0.1, -0.05) is 47.7 Å². The molecule has 0 amide bonds. The molecule has 2 aromatic heterocycles. The van der Waals surface area contributed by atoms with E-state index in [-0.39, 0.29) is 17.8 Å². The van der Waals surface area contributed by atoms with E-state index >= 15 is 0 Å². The Hall–Kier alpha value is -3.29. The van der Waals surface area contributed by atoms with Crippen LogP contribution in [-0.2, 0) is 0 Å². The van der Waals surface area contributed by atoms with Crippen LogP contribution in [0.2, 0.25) is 0 Å². The Morgan fingerprint density at radius 2 is 1.78 bits per heavy atom. The van der Waals surface area contributed by atoms with Gasteiger partial charge >= 0.3 is 0 Å². The zero-order valence-corrected chi connectivity index (χ0v) is 18.9. The summed E-state index contributed by atoms with van der Waals surface area (Å²) in [5, 5.41) is 15.2. The number of para-hydroxylation sites is 2. The van der Waals surface area contributed by atoms with E-state index < -0.39 is 0 Å². The number of phenols is 1. The molecule has 160 valence electrons. The van der Waals surface area contributed by atoms with Crippen molar-refractivity contribution in [2.75, 3.05) is 4.90 Å². The number of aryl methyl sites for hydroxylation is 1. The molecule has 5 rings (SSSR count). The van der Waals surface area contributed by atoms with Crippen LogP contribution in [0.3, 0.4) is 0 Å². The van der Waals surface area contributed by atoms with Crippen LogP contribution in [0.5, 0.6) is 5.75 Å². The van der Waals surface area contributed by atoms with Crippen LogP contribution in [0.4, 0.5) is 5.69 Å². The monoisotopic (exact) mass is 459 g/mol. The first-order valence-electron chi connectivity index (χ1n) is 10.2. The summed E-state index contributed by atoms with van der Waals surface area (Å²) in [4.78, 5) is 7.56. The van der Waals surface area contributed by atoms with Crippen LogP contribution in [0.15, 0.2) is 99.5 Å². The van der Waals surface area contributed by atoms with Crippen molar-refractivity contribution in [1.29, 1.82) is 0 Å². The molecule has 0 bridgehead atoms. The van der Waals surface area contributed by atoms with Gasteiger partial charge in [-0.05, 0) is 67.7 Å². The molecule has 1 saturated heterocycles. The van der Waals surface area contributed by atoms with Crippen molar-refractivity contribution < 1.29 is 9.52 Å². The Labute approximate surface area is 196 Å². The molecule has 0 spiro atoms. The number of hydrogen-bond acceptors (Lipinski definition) is 5. The molecule has 2 N–H and O–H groups in total. The van der Waals surface area contributed by atoms with E-state index in [0.29, 0.717) is 10.8 Å². The summed E-state index contributed by atoms with van der Waals surface area (Å²) in [6, 6.07) is 24.7. The van der Waals surface area contributed by atoms with Crippen molar-refractivity contribution in [2.24, 2.45) is 0 Å². The topological polar surface area (TPSA) is 61.5 Å². The highest BCUT2D eigenvalue weighted by Crippen LogP contribution is 2.45. The third kappa shape index (κ3) is 3.97. The first-order chi connectivity index (χ1) is 15.6. The van der Waals surface area contributed by atoms with E-state index in [1.54, 1.807) is 30.1 Å². The maximum absolute atomic E-state index is 10.6. The highest BCUT2D eigenvalue weighted by atomic mass is 32.2. The zero-order valence-electron chi connectivity index (χ0n) is 17.3. The van der Waals surface area contributed by atoms with Crippen LogP contribution in [0, 0.1) is 6.92 Å². The van der Waals surface area contributed by atoms with Crippen LogP contribution in [0.1, 0.15) is 29.1 Å². The second-order valence-electron chi connectivity index (χ2n) is 7.56. The number of aromatic hydroxyl groups is 1. The summed E-state index contributed by atoms with van der Waals surface area (Å²) in [6.07, 6.45) is 1.76. The van der Waals surface area contributed by atoms with Crippen molar-refractivity contribution in [2.45, 2.75) is 29.0 Å². The molecule has 4 aromatic rings. The van der Waals surface area contributed by atoms with Gasteiger partial charge in [0.15, 0.2) is 10.2 Å². The zero-order chi connectivity index (χ0) is 22.1. The quantitative estimate of drug-likeness (QED) is 0.354. The summed E-state index contributed by atoms with van der Waals surface area (Å²) < 4.78 is 6.31. The lowest BCUT2D eigenvalue weighted by atomic mass is 10.0. The molecule has 1 fully saturated rings. The predicted octanol–water partition coefficient (Wildman–Crippen LogP) is 6.02. The molecule has 1 aliphatic rings. The van der Waals surface area contributed by atoms with E-state index in [1.807, 2.05) is 47.4 Å². The number of thiocarbonyl (C=S) groups is 1. The molecule has 5 nitrogen and oxygen atoms in total. The molecule has 0 aliphatic carbocycles. The fraction of sp³-hybridized carbons (Fsp3) is 0.120. The van der Waals surface area contributed by atoms with Crippen molar-refractivity contribution >= 4 is 34.8 Å². The van der Waals surface area contributed by atoms with Gasteiger partial charge < -0.3 is 19.7 Å². The Balaban J connectivity index is 1.54. The van der Waals surface area contributed by atoms with Gasteiger partial charge in [-0.15, -0.1) is 0 Å². The minimum absolute atomic E-state index is 0.157. The second-order valence-corrected chi connectivity index (χ2v) is 9.02. The number of hydrogen-bond donors (Lipinski definition) is 2. The van der Waals surface area contributed by atoms with Gasteiger partial charge in [0.05, 0.1) is 17.4 Å². The number of nitrogens with zero attached hydrogens (tertiary/aromatic N) is 2. The number of rotatable bonds is 5. The molecule has 3 heterocycles. The fourth-order valence-corrected chi connectivity index (χ4v) is 4.96. The van der Waals surface area contributed by atoms with E-state index in [0.717, 1.165) is 21.4 Å². The van der Waals surface area contributed by atoms with Gasteiger partial charge in [-0.3, -0.25) is 4.98 Å². The molecule has 2 atom stereocenters. The highest BCUT2D eigenvalue weighted by Gasteiger charge is 2.43. The van der Waals surface area contributed by atoms with Crippen LogP contribution in [-0.4, -0.2) is 15.2 Å². The van der Waals surface area contributed by atoms with Gasteiger partial charge in [0.1, 0.15) is 17.6 Å². The van der Waals surface area contributed by atoms with Gasteiger partial charge in [0, 0.05) is 11.1 Å². The first-order valence-corrected chi connectivity index (χ1v) is 11.5. The van der Waals surface area contributed by atoms with E-state index in [4.69, 9.17) is 16.6 Å². The number of phenolic OH excluding ortho intramolecular Hbond substituents is 1. The number of furan rings is 1. The van der Waals surface area contributed by atoms with E-state index in [1.165, 1.54) is 5.56 Å². The lowest BCUT2D eigenvalue weighted by Crippen LogP contribution is -2.29. The summed E-state index contributed by atoms with van der Waals surface area (Å²) in [6.45, 7) is 2.07. The molecule has 0 unspecified atom stereocenters. The van der Waals surface area contributed by atoms with E-state index in [2.05, 4.69) is 41.5 Å². The second kappa shape index (κ2) is 8.68. The third-order valence-electron chi connectivity index (χ3n) is 5.37. The number of aromatic nitrogens is 1. The molecule has 2 aromatic carbocycles. The van der Waals surface area contributed by atoms with Crippen molar-refractivity contribution in [1.82, 2.24) is 10.3 Å². The van der Waals surface area contributed by atoms with Crippen molar-refractivity contribution in [3.8, 4) is 5.75 Å². The Kier molecular flexibility index (Phi) is 5.59. The summed E-state index contributed by atoms with van der Waals surface area (Å²) in [5.41, 5.74) is 2.69. The Bertz CT molecular complexity index is 1240. The molecular formula is C25H21N3O2S2. The van der Waals surface area contributed by atoms with Crippen LogP contribution >= 0.6 is 24.0 Å². The highest BCUT2D eigenvalue weighted by molar-refractivity contribution is 7.99. The van der Waals surface area contributed by atoms with Crippen LogP contribution in [0.25, 0.3) is 0 Å². The number of benzene rings is 2. The molecule has 32 heavy (non-hydrogen) atoms. The average molecular weight is 460 g/mol. The van der Waals surface area contributed by atoms with Gasteiger partial charge in [-0.2, -0.15) is 0 Å².